The monoisotopic (exact) mass is 316 g/mol. The van der Waals surface area contributed by atoms with Gasteiger partial charge in [0.2, 0.25) is 10.0 Å². The van der Waals surface area contributed by atoms with Gasteiger partial charge in [-0.25, -0.2) is 12.7 Å². The molecule has 0 bridgehead atoms. The molecular weight excluding hydrogens is 296 g/mol. The second kappa shape index (κ2) is 6.24. The maximum atomic E-state index is 12.3. The Balaban J connectivity index is 2.01. The number of sulfonamides is 1. The zero-order valence-electron chi connectivity index (χ0n) is 11.5. The van der Waals surface area contributed by atoms with Crippen molar-refractivity contribution in [2.45, 2.75) is 17.7 Å². The van der Waals surface area contributed by atoms with E-state index in [1.807, 2.05) is 0 Å². The van der Waals surface area contributed by atoms with E-state index in [-0.39, 0.29) is 5.92 Å². The summed E-state index contributed by atoms with van der Waals surface area (Å²) in [4.78, 5) is 0.710. The Morgan fingerprint density at radius 3 is 2.85 bits per heavy atom. The summed E-state index contributed by atoms with van der Waals surface area (Å²) >= 11 is 0. The van der Waals surface area contributed by atoms with Crippen LogP contribution in [0.4, 0.5) is 5.69 Å². The van der Waals surface area contributed by atoms with E-state index in [4.69, 9.17) is 5.73 Å². The van der Waals surface area contributed by atoms with Crippen molar-refractivity contribution in [1.29, 1.82) is 0 Å². The Bertz CT molecular complexity index is 601. The Labute approximate surface area is 122 Å². The Hall–Kier alpha value is -0.920. The number of benzene rings is 1. The van der Waals surface area contributed by atoms with Crippen LogP contribution in [-0.4, -0.2) is 42.0 Å². The van der Waals surface area contributed by atoms with Crippen LogP contribution in [0.1, 0.15) is 12.8 Å². The van der Waals surface area contributed by atoms with Crippen LogP contribution in [0.2, 0.25) is 0 Å². The van der Waals surface area contributed by atoms with Gasteiger partial charge in [0.25, 0.3) is 0 Å². The summed E-state index contributed by atoms with van der Waals surface area (Å²) in [6.45, 7) is 1.03. The molecule has 112 valence electrons. The van der Waals surface area contributed by atoms with Crippen LogP contribution in [-0.2, 0) is 20.8 Å². The third-order valence-corrected chi connectivity index (χ3v) is 6.28. The van der Waals surface area contributed by atoms with Crippen LogP contribution >= 0.6 is 0 Å². The highest BCUT2D eigenvalue weighted by Gasteiger charge is 2.27. The van der Waals surface area contributed by atoms with E-state index >= 15 is 0 Å². The Morgan fingerprint density at radius 1 is 1.45 bits per heavy atom. The van der Waals surface area contributed by atoms with E-state index in [1.165, 1.54) is 10.6 Å². The third-order valence-electron chi connectivity index (χ3n) is 3.46. The zero-order chi connectivity index (χ0) is 14.8. The van der Waals surface area contributed by atoms with Crippen LogP contribution in [0.5, 0.6) is 0 Å². The van der Waals surface area contributed by atoms with Gasteiger partial charge >= 0.3 is 0 Å². The van der Waals surface area contributed by atoms with Crippen LogP contribution in [0.25, 0.3) is 0 Å². The highest BCUT2D eigenvalue weighted by molar-refractivity contribution is 7.88. The van der Waals surface area contributed by atoms with Crippen molar-refractivity contribution in [3.63, 3.8) is 0 Å². The summed E-state index contributed by atoms with van der Waals surface area (Å²) in [5.41, 5.74) is 6.28. The van der Waals surface area contributed by atoms with Gasteiger partial charge in [0, 0.05) is 29.4 Å². The van der Waals surface area contributed by atoms with E-state index in [0.29, 0.717) is 29.4 Å². The predicted molar refractivity (Wildman–Crippen MR) is 81.3 cm³/mol. The van der Waals surface area contributed by atoms with Gasteiger partial charge in [-0.05, 0) is 37.0 Å². The minimum atomic E-state index is -3.15. The number of nitrogens with zero attached hydrogens (tertiary/aromatic N) is 1. The average Bonchev–Trinajstić information content (AvgIpc) is 2.38. The lowest BCUT2D eigenvalue weighted by molar-refractivity contribution is 0.285. The van der Waals surface area contributed by atoms with Crippen molar-refractivity contribution >= 4 is 26.5 Å². The molecule has 0 saturated carbocycles. The molecule has 20 heavy (non-hydrogen) atoms. The molecule has 1 aromatic rings. The molecule has 7 heteroatoms. The summed E-state index contributed by atoms with van der Waals surface area (Å²) in [6, 6.07) is 7.05. The first-order chi connectivity index (χ1) is 9.36. The van der Waals surface area contributed by atoms with Gasteiger partial charge in [-0.3, -0.25) is 4.21 Å². The molecular formula is C13H20N2O3S2. The summed E-state index contributed by atoms with van der Waals surface area (Å²) in [5, 5.41) is 0. The number of nitrogens with two attached hydrogens (primary N) is 1. The first-order valence-corrected chi connectivity index (χ1v) is 9.72. The van der Waals surface area contributed by atoms with Gasteiger partial charge < -0.3 is 5.73 Å². The van der Waals surface area contributed by atoms with E-state index < -0.39 is 20.8 Å². The van der Waals surface area contributed by atoms with Crippen LogP contribution < -0.4 is 5.73 Å². The van der Waals surface area contributed by atoms with Crippen molar-refractivity contribution in [2.24, 2.45) is 5.92 Å². The second-order valence-corrected chi connectivity index (χ2v) is 8.69. The minimum Gasteiger partial charge on any atom is -0.399 e. The average molecular weight is 316 g/mol. The van der Waals surface area contributed by atoms with Gasteiger partial charge in [-0.15, -0.1) is 0 Å². The highest BCUT2D eigenvalue weighted by Crippen LogP contribution is 2.22. The molecule has 1 saturated heterocycles. The fraction of sp³-hybridized carbons (Fsp3) is 0.538. The van der Waals surface area contributed by atoms with Crippen molar-refractivity contribution in [3.05, 3.63) is 24.3 Å². The molecule has 2 N–H and O–H groups in total. The lowest BCUT2D eigenvalue weighted by Gasteiger charge is -2.30. The molecule has 5 nitrogen and oxygen atoms in total. The van der Waals surface area contributed by atoms with Crippen LogP contribution in [0.3, 0.4) is 0 Å². The molecule has 2 atom stereocenters. The minimum absolute atomic E-state index is 0.140. The number of anilines is 1. The first kappa shape index (κ1) is 15.5. The summed E-state index contributed by atoms with van der Waals surface area (Å²) in [7, 11) is -4.29. The standard InChI is InChI=1S/C13H20N2O3S2/c1-20(17,18)15-7-3-4-11(9-15)10-19(16)13-6-2-5-12(14)8-13/h2,5-6,8,11H,3-4,7,9-10,14H2,1H3. The Morgan fingerprint density at radius 2 is 2.20 bits per heavy atom. The van der Waals surface area contributed by atoms with Gasteiger partial charge in [0.05, 0.1) is 17.1 Å². The smallest absolute Gasteiger partial charge is 0.211 e. The molecule has 1 aromatic carbocycles. The fourth-order valence-corrected chi connectivity index (χ4v) is 4.76. The first-order valence-electron chi connectivity index (χ1n) is 6.55. The highest BCUT2D eigenvalue weighted by atomic mass is 32.2. The lowest BCUT2D eigenvalue weighted by Crippen LogP contribution is -2.40. The SMILES string of the molecule is CS(=O)(=O)N1CCCC(CS(=O)c2cccc(N)c2)C1. The van der Waals surface area contributed by atoms with E-state index in [0.717, 1.165) is 12.8 Å². The molecule has 0 spiro atoms. The largest absolute Gasteiger partial charge is 0.399 e. The van der Waals surface area contributed by atoms with Gasteiger partial charge in [0.1, 0.15) is 0 Å². The molecule has 2 unspecified atom stereocenters. The molecule has 1 aliphatic rings. The Kier molecular flexibility index (Phi) is 4.82. The second-order valence-electron chi connectivity index (χ2n) is 5.21. The molecule has 1 heterocycles. The summed E-state index contributed by atoms with van der Waals surface area (Å²) in [5.74, 6) is 0.621. The number of nitrogen functional groups attached to an aromatic ring is 1. The van der Waals surface area contributed by atoms with E-state index in [9.17, 15) is 12.6 Å². The number of piperidine rings is 1. The normalized spacial score (nSPS) is 22.6. The van der Waals surface area contributed by atoms with Crippen molar-refractivity contribution in [3.8, 4) is 0 Å². The van der Waals surface area contributed by atoms with Crippen LogP contribution in [0.15, 0.2) is 29.2 Å². The maximum Gasteiger partial charge on any atom is 0.211 e. The lowest BCUT2D eigenvalue weighted by atomic mass is 10.0. The van der Waals surface area contributed by atoms with Crippen molar-refractivity contribution in [2.75, 3.05) is 30.8 Å². The number of rotatable bonds is 4. The van der Waals surface area contributed by atoms with Crippen LogP contribution in [0, 0.1) is 5.92 Å². The van der Waals surface area contributed by atoms with Gasteiger partial charge in [0.15, 0.2) is 0 Å². The van der Waals surface area contributed by atoms with Crippen molar-refractivity contribution < 1.29 is 12.6 Å². The van der Waals surface area contributed by atoms with E-state index in [2.05, 4.69) is 0 Å². The predicted octanol–water partition coefficient (Wildman–Crippen LogP) is 1.05. The maximum absolute atomic E-state index is 12.3. The topological polar surface area (TPSA) is 80.5 Å². The molecule has 0 amide bonds. The molecule has 0 aliphatic carbocycles. The molecule has 1 aliphatic heterocycles. The van der Waals surface area contributed by atoms with Crippen molar-refractivity contribution in [1.82, 2.24) is 4.31 Å². The molecule has 1 fully saturated rings. The van der Waals surface area contributed by atoms with Gasteiger partial charge in [-0.1, -0.05) is 6.07 Å². The number of hydrogen-bond donors (Lipinski definition) is 1. The quantitative estimate of drug-likeness (QED) is 0.842. The molecule has 0 aromatic heterocycles. The summed E-state index contributed by atoms with van der Waals surface area (Å²) < 4.78 is 36.9. The zero-order valence-corrected chi connectivity index (χ0v) is 13.1. The number of hydrogen-bond acceptors (Lipinski definition) is 4. The third kappa shape index (κ3) is 4.04. The molecule has 2 rings (SSSR count). The van der Waals surface area contributed by atoms with E-state index in [1.54, 1.807) is 24.3 Å². The summed E-state index contributed by atoms with van der Waals surface area (Å²) in [6.07, 6.45) is 2.97. The van der Waals surface area contributed by atoms with Gasteiger partial charge in [-0.2, -0.15) is 0 Å². The molecule has 0 radical (unpaired) electrons. The fourth-order valence-electron chi connectivity index (χ4n) is 2.43.